The molecule has 0 saturated carbocycles. The SMILES string of the molecule is COc1cc(CNc2ccc(C)c(Cl)c2)cc(Br)c1OCc1ccc(F)cc1. The Morgan fingerprint density at radius 2 is 1.79 bits per heavy atom. The van der Waals surface area contributed by atoms with Gasteiger partial charge in [0, 0.05) is 17.3 Å². The molecule has 0 heterocycles. The van der Waals surface area contributed by atoms with Crippen LogP contribution in [0.5, 0.6) is 11.5 Å². The van der Waals surface area contributed by atoms with Gasteiger partial charge in [-0.05, 0) is 75.9 Å². The van der Waals surface area contributed by atoms with Crippen LogP contribution in [0.4, 0.5) is 10.1 Å². The van der Waals surface area contributed by atoms with Crippen molar-refractivity contribution in [3.8, 4) is 11.5 Å². The molecule has 0 aliphatic heterocycles. The van der Waals surface area contributed by atoms with E-state index in [-0.39, 0.29) is 5.82 Å². The van der Waals surface area contributed by atoms with E-state index in [4.69, 9.17) is 21.1 Å². The molecule has 3 nitrogen and oxygen atoms in total. The van der Waals surface area contributed by atoms with Gasteiger partial charge in [0.2, 0.25) is 0 Å². The number of anilines is 1. The maximum absolute atomic E-state index is 13.0. The highest BCUT2D eigenvalue weighted by atomic mass is 79.9. The summed E-state index contributed by atoms with van der Waals surface area (Å²) in [5.74, 6) is 0.957. The number of methoxy groups -OCH3 is 1. The van der Waals surface area contributed by atoms with Crippen molar-refractivity contribution in [2.24, 2.45) is 0 Å². The molecule has 0 aromatic heterocycles. The average Bonchev–Trinajstić information content (AvgIpc) is 2.69. The standard InChI is InChI=1S/C22H20BrClFNO2/c1-14-3-8-18(11-20(14)24)26-12-16-9-19(23)22(21(10-16)27-2)28-13-15-4-6-17(25)7-5-15/h3-11,26H,12-13H2,1-2H3. The summed E-state index contributed by atoms with van der Waals surface area (Å²) < 4.78 is 25.2. The number of halogens is 3. The summed E-state index contributed by atoms with van der Waals surface area (Å²) in [5.41, 5.74) is 3.88. The average molecular weight is 465 g/mol. The van der Waals surface area contributed by atoms with Gasteiger partial charge in [0.15, 0.2) is 11.5 Å². The second-order valence-corrected chi connectivity index (χ2v) is 7.60. The van der Waals surface area contributed by atoms with Gasteiger partial charge in [-0.15, -0.1) is 0 Å². The van der Waals surface area contributed by atoms with Crippen molar-refractivity contribution in [3.05, 3.63) is 86.6 Å². The number of ether oxygens (including phenoxy) is 2. The highest BCUT2D eigenvalue weighted by Crippen LogP contribution is 2.37. The number of hydrogen-bond donors (Lipinski definition) is 1. The molecular formula is C22H20BrClFNO2. The fourth-order valence-corrected chi connectivity index (χ4v) is 3.44. The lowest BCUT2D eigenvalue weighted by molar-refractivity contribution is 0.282. The van der Waals surface area contributed by atoms with Crippen LogP contribution in [0, 0.1) is 12.7 Å². The lowest BCUT2D eigenvalue weighted by Crippen LogP contribution is -2.03. The highest BCUT2D eigenvalue weighted by molar-refractivity contribution is 9.10. The molecule has 3 aromatic carbocycles. The highest BCUT2D eigenvalue weighted by Gasteiger charge is 2.12. The molecule has 0 amide bonds. The van der Waals surface area contributed by atoms with Crippen LogP contribution >= 0.6 is 27.5 Å². The van der Waals surface area contributed by atoms with E-state index < -0.39 is 0 Å². The number of aryl methyl sites for hydroxylation is 1. The van der Waals surface area contributed by atoms with Crippen LogP contribution in [0.2, 0.25) is 5.02 Å². The molecule has 28 heavy (non-hydrogen) atoms. The molecule has 0 radical (unpaired) electrons. The molecule has 0 spiro atoms. The van der Waals surface area contributed by atoms with E-state index in [9.17, 15) is 4.39 Å². The Bertz CT molecular complexity index is 963. The number of benzene rings is 3. The van der Waals surface area contributed by atoms with Crippen molar-refractivity contribution in [2.75, 3.05) is 12.4 Å². The lowest BCUT2D eigenvalue weighted by Gasteiger charge is -2.15. The molecule has 3 rings (SSSR count). The van der Waals surface area contributed by atoms with Gasteiger partial charge in [-0.2, -0.15) is 0 Å². The molecule has 6 heteroatoms. The molecule has 0 atom stereocenters. The van der Waals surface area contributed by atoms with Crippen LogP contribution in [0.1, 0.15) is 16.7 Å². The zero-order valence-corrected chi connectivity index (χ0v) is 17.9. The van der Waals surface area contributed by atoms with Crippen molar-refractivity contribution in [1.29, 1.82) is 0 Å². The fourth-order valence-electron chi connectivity index (χ4n) is 2.66. The number of hydrogen-bond acceptors (Lipinski definition) is 3. The van der Waals surface area contributed by atoms with E-state index in [1.807, 2.05) is 37.3 Å². The summed E-state index contributed by atoms with van der Waals surface area (Å²) in [6, 6.07) is 16.0. The van der Waals surface area contributed by atoms with E-state index in [1.165, 1.54) is 12.1 Å². The van der Waals surface area contributed by atoms with Crippen LogP contribution in [0.25, 0.3) is 0 Å². The van der Waals surface area contributed by atoms with E-state index in [2.05, 4.69) is 21.2 Å². The molecule has 0 aliphatic rings. The Kier molecular flexibility index (Phi) is 6.81. The summed E-state index contributed by atoms with van der Waals surface area (Å²) in [6.07, 6.45) is 0. The molecule has 1 N–H and O–H groups in total. The first-order valence-corrected chi connectivity index (χ1v) is 9.87. The minimum absolute atomic E-state index is 0.269. The largest absolute Gasteiger partial charge is 0.493 e. The van der Waals surface area contributed by atoms with Crippen LogP contribution in [0.3, 0.4) is 0 Å². The lowest BCUT2D eigenvalue weighted by atomic mass is 10.1. The molecular weight excluding hydrogens is 445 g/mol. The maximum Gasteiger partial charge on any atom is 0.175 e. The normalized spacial score (nSPS) is 10.6. The maximum atomic E-state index is 13.0. The van der Waals surface area contributed by atoms with Crippen LogP contribution in [-0.2, 0) is 13.2 Å². The van der Waals surface area contributed by atoms with Gasteiger partial charge < -0.3 is 14.8 Å². The minimum Gasteiger partial charge on any atom is -0.493 e. The Hall–Kier alpha value is -2.24. The third-order valence-electron chi connectivity index (χ3n) is 4.25. The zero-order valence-electron chi connectivity index (χ0n) is 15.6. The quantitative estimate of drug-likeness (QED) is 0.419. The fraction of sp³-hybridized carbons (Fsp3) is 0.182. The summed E-state index contributed by atoms with van der Waals surface area (Å²) in [4.78, 5) is 0. The first-order valence-electron chi connectivity index (χ1n) is 8.70. The Labute approximate surface area is 177 Å². The first kappa shape index (κ1) is 20.5. The molecule has 3 aromatic rings. The van der Waals surface area contributed by atoms with Gasteiger partial charge >= 0.3 is 0 Å². The summed E-state index contributed by atoms with van der Waals surface area (Å²) in [6.45, 7) is 2.89. The van der Waals surface area contributed by atoms with Gasteiger partial charge in [-0.3, -0.25) is 0 Å². The second kappa shape index (κ2) is 9.30. The number of rotatable bonds is 7. The third kappa shape index (κ3) is 5.18. The van der Waals surface area contributed by atoms with Gasteiger partial charge in [0.25, 0.3) is 0 Å². The van der Waals surface area contributed by atoms with Gasteiger partial charge in [-0.1, -0.05) is 29.8 Å². The minimum atomic E-state index is -0.269. The van der Waals surface area contributed by atoms with Crippen molar-refractivity contribution in [2.45, 2.75) is 20.1 Å². The van der Waals surface area contributed by atoms with Gasteiger partial charge in [0.05, 0.1) is 11.6 Å². The number of nitrogens with one attached hydrogen (secondary N) is 1. The zero-order chi connectivity index (χ0) is 20.1. The predicted octanol–water partition coefficient (Wildman–Crippen LogP) is 6.75. The van der Waals surface area contributed by atoms with Crippen LogP contribution in [0.15, 0.2) is 59.1 Å². The Morgan fingerprint density at radius 1 is 1.04 bits per heavy atom. The first-order chi connectivity index (χ1) is 13.5. The Balaban J connectivity index is 1.71. The van der Waals surface area contributed by atoms with Gasteiger partial charge in [0.1, 0.15) is 12.4 Å². The molecule has 0 fully saturated rings. The molecule has 0 unspecified atom stereocenters. The van der Waals surface area contributed by atoms with Crippen molar-refractivity contribution in [1.82, 2.24) is 0 Å². The summed E-state index contributed by atoms with van der Waals surface area (Å²) in [7, 11) is 1.60. The monoisotopic (exact) mass is 463 g/mol. The third-order valence-corrected chi connectivity index (χ3v) is 5.25. The predicted molar refractivity (Wildman–Crippen MR) is 115 cm³/mol. The van der Waals surface area contributed by atoms with E-state index in [0.717, 1.165) is 31.9 Å². The Morgan fingerprint density at radius 3 is 2.46 bits per heavy atom. The van der Waals surface area contributed by atoms with E-state index in [1.54, 1.807) is 19.2 Å². The van der Waals surface area contributed by atoms with E-state index >= 15 is 0 Å². The summed E-state index contributed by atoms with van der Waals surface area (Å²) >= 11 is 9.74. The van der Waals surface area contributed by atoms with Crippen LogP contribution < -0.4 is 14.8 Å². The van der Waals surface area contributed by atoms with Gasteiger partial charge in [-0.25, -0.2) is 4.39 Å². The molecule has 0 bridgehead atoms. The smallest absolute Gasteiger partial charge is 0.175 e. The van der Waals surface area contributed by atoms with E-state index in [0.29, 0.717) is 24.7 Å². The molecule has 146 valence electrons. The van der Waals surface area contributed by atoms with Crippen molar-refractivity contribution in [3.63, 3.8) is 0 Å². The molecule has 0 saturated heterocycles. The van der Waals surface area contributed by atoms with Crippen molar-refractivity contribution >= 4 is 33.2 Å². The van der Waals surface area contributed by atoms with Crippen LogP contribution in [-0.4, -0.2) is 7.11 Å². The second-order valence-electron chi connectivity index (χ2n) is 6.34. The van der Waals surface area contributed by atoms with Crippen molar-refractivity contribution < 1.29 is 13.9 Å². The summed E-state index contributed by atoms with van der Waals surface area (Å²) in [5, 5.41) is 4.08. The molecule has 0 aliphatic carbocycles. The topological polar surface area (TPSA) is 30.5 Å².